The number of aromatic nitrogens is 2. The number of aromatic amines is 1. The molecule has 2 aromatic heterocycles. The Bertz CT molecular complexity index is 566. The van der Waals surface area contributed by atoms with E-state index in [9.17, 15) is 0 Å². The summed E-state index contributed by atoms with van der Waals surface area (Å²) in [4.78, 5) is 7.45. The van der Waals surface area contributed by atoms with Gasteiger partial charge in [-0.2, -0.15) is 0 Å². The lowest BCUT2D eigenvalue weighted by molar-refractivity contribution is 1.41. The molecule has 3 aromatic rings. The Kier molecular flexibility index (Phi) is 1.19. The van der Waals surface area contributed by atoms with Gasteiger partial charge in [0.2, 0.25) is 0 Å². The molecule has 3 rings (SSSR count). The Labute approximate surface area is 75.2 Å². The minimum Gasteiger partial charge on any atom is -0.366 e. The van der Waals surface area contributed by atoms with E-state index in [2.05, 4.69) is 28.2 Å². The molecule has 2 heterocycles. The van der Waals surface area contributed by atoms with E-state index in [-0.39, 0.29) is 0 Å². The van der Waals surface area contributed by atoms with E-state index < -0.39 is 0 Å². The number of rotatable bonds is 0. The van der Waals surface area contributed by atoms with Crippen molar-refractivity contribution in [2.24, 2.45) is 0 Å². The summed E-state index contributed by atoms with van der Waals surface area (Å²) >= 11 is 0. The molecule has 0 atom stereocenters. The van der Waals surface area contributed by atoms with Crippen molar-refractivity contribution in [3.63, 3.8) is 0 Å². The average Bonchev–Trinajstić information content (AvgIpc) is 2.65. The van der Waals surface area contributed by atoms with Gasteiger partial charge in [0.05, 0.1) is 5.52 Å². The highest BCUT2D eigenvalue weighted by Crippen LogP contribution is 2.22. The number of hydrogen-bond acceptors (Lipinski definition) is 1. The van der Waals surface area contributed by atoms with Crippen LogP contribution in [0.5, 0.6) is 0 Å². The van der Waals surface area contributed by atoms with Gasteiger partial charge in [0, 0.05) is 34.7 Å². The van der Waals surface area contributed by atoms with Crippen LogP contribution >= 0.6 is 0 Å². The summed E-state index contributed by atoms with van der Waals surface area (Å²) in [5, 5.41) is 3.60. The summed E-state index contributed by atoms with van der Waals surface area (Å²) in [6, 6.07) is 8.24. The monoisotopic (exact) mass is 168 g/mol. The minimum atomic E-state index is 1.07. The van der Waals surface area contributed by atoms with Crippen LogP contribution in [0.15, 0.2) is 42.9 Å². The van der Waals surface area contributed by atoms with Crippen LogP contribution in [0.25, 0.3) is 21.7 Å². The van der Waals surface area contributed by atoms with Gasteiger partial charge in [0.25, 0.3) is 0 Å². The van der Waals surface area contributed by atoms with Crippen LogP contribution in [0.3, 0.4) is 0 Å². The molecule has 0 aliphatic heterocycles. The number of fused-ring (bicyclic) bond motifs is 3. The molecule has 0 radical (unpaired) electrons. The van der Waals surface area contributed by atoms with Crippen molar-refractivity contribution in [1.82, 2.24) is 9.97 Å². The van der Waals surface area contributed by atoms with Gasteiger partial charge in [-0.15, -0.1) is 0 Å². The predicted octanol–water partition coefficient (Wildman–Crippen LogP) is 2.72. The molecule has 0 saturated heterocycles. The predicted molar refractivity (Wildman–Crippen MR) is 53.6 cm³/mol. The fourth-order valence-electron chi connectivity index (χ4n) is 1.68. The van der Waals surface area contributed by atoms with Crippen LogP contribution in [-0.2, 0) is 0 Å². The SMILES string of the molecule is c1cnc2c(c1)ccc1c[nH]cc12. The van der Waals surface area contributed by atoms with Crippen LogP contribution in [0.1, 0.15) is 0 Å². The summed E-state index contributed by atoms with van der Waals surface area (Å²) in [6.45, 7) is 0. The van der Waals surface area contributed by atoms with Crippen LogP contribution in [0.4, 0.5) is 0 Å². The molecular formula is C11H8N2. The Morgan fingerprint density at radius 2 is 1.92 bits per heavy atom. The largest absolute Gasteiger partial charge is 0.366 e. The molecule has 0 bridgehead atoms. The van der Waals surface area contributed by atoms with Gasteiger partial charge >= 0.3 is 0 Å². The highest BCUT2D eigenvalue weighted by Gasteiger charge is 1.99. The smallest absolute Gasteiger partial charge is 0.0795 e. The zero-order chi connectivity index (χ0) is 8.67. The first-order valence-corrected chi connectivity index (χ1v) is 4.25. The number of nitrogens with zero attached hydrogens (tertiary/aromatic N) is 1. The molecule has 0 fully saturated rings. The van der Waals surface area contributed by atoms with Crippen LogP contribution in [-0.4, -0.2) is 9.97 Å². The molecule has 1 N–H and O–H groups in total. The van der Waals surface area contributed by atoms with E-state index in [0.29, 0.717) is 0 Å². The number of pyridine rings is 1. The van der Waals surface area contributed by atoms with Crippen molar-refractivity contribution in [3.8, 4) is 0 Å². The van der Waals surface area contributed by atoms with Gasteiger partial charge in [-0.1, -0.05) is 18.2 Å². The quantitative estimate of drug-likeness (QED) is 0.549. The van der Waals surface area contributed by atoms with Crippen molar-refractivity contribution >= 4 is 21.7 Å². The first kappa shape index (κ1) is 6.66. The molecule has 0 aliphatic carbocycles. The van der Waals surface area contributed by atoms with Crippen molar-refractivity contribution in [1.29, 1.82) is 0 Å². The zero-order valence-electron chi connectivity index (χ0n) is 6.99. The molecule has 62 valence electrons. The summed E-state index contributed by atoms with van der Waals surface area (Å²) in [7, 11) is 0. The maximum Gasteiger partial charge on any atom is 0.0795 e. The lowest BCUT2D eigenvalue weighted by atomic mass is 10.1. The highest BCUT2D eigenvalue weighted by molar-refractivity contribution is 6.04. The molecule has 0 aliphatic rings. The molecule has 2 heteroatoms. The maximum absolute atomic E-state index is 4.36. The van der Waals surface area contributed by atoms with Crippen molar-refractivity contribution in [2.75, 3.05) is 0 Å². The Morgan fingerprint density at radius 3 is 2.92 bits per heavy atom. The molecule has 0 unspecified atom stereocenters. The molecule has 13 heavy (non-hydrogen) atoms. The van der Waals surface area contributed by atoms with E-state index in [1.54, 1.807) is 0 Å². The summed E-state index contributed by atoms with van der Waals surface area (Å²) in [5.41, 5.74) is 1.07. The van der Waals surface area contributed by atoms with E-state index in [0.717, 1.165) is 5.52 Å². The number of hydrogen-bond donors (Lipinski definition) is 1. The van der Waals surface area contributed by atoms with Crippen LogP contribution in [0.2, 0.25) is 0 Å². The van der Waals surface area contributed by atoms with E-state index >= 15 is 0 Å². The fraction of sp³-hybridized carbons (Fsp3) is 0. The average molecular weight is 168 g/mol. The second-order valence-electron chi connectivity index (χ2n) is 3.10. The van der Waals surface area contributed by atoms with Crippen LogP contribution < -0.4 is 0 Å². The molecule has 0 spiro atoms. The second-order valence-corrected chi connectivity index (χ2v) is 3.10. The van der Waals surface area contributed by atoms with Crippen molar-refractivity contribution < 1.29 is 0 Å². The molecule has 1 aromatic carbocycles. The molecular weight excluding hydrogens is 160 g/mol. The molecule has 0 saturated carbocycles. The zero-order valence-corrected chi connectivity index (χ0v) is 6.99. The van der Waals surface area contributed by atoms with E-state index in [1.165, 1.54) is 16.2 Å². The Balaban J connectivity index is 2.65. The molecule has 2 nitrogen and oxygen atoms in total. The minimum absolute atomic E-state index is 1.07. The fourth-order valence-corrected chi connectivity index (χ4v) is 1.68. The van der Waals surface area contributed by atoms with Crippen molar-refractivity contribution in [2.45, 2.75) is 0 Å². The van der Waals surface area contributed by atoms with Gasteiger partial charge in [0.15, 0.2) is 0 Å². The number of H-pyrrole nitrogens is 1. The first-order chi connectivity index (χ1) is 6.45. The maximum atomic E-state index is 4.36. The van der Waals surface area contributed by atoms with Gasteiger partial charge < -0.3 is 4.98 Å². The Hall–Kier alpha value is -1.83. The third-order valence-electron chi connectivity index (χ3n) is 2.31. The van der Waals surface area contributed by atoms with E-state index in [1.807, 2.05) is 24.7 Å². The van der Waals surface area contributed by atoms with E-state index in [4.69, 9.17) is 0 Å². The standard InChI is InChI=1S/C11H8N2/c1-2-8-3-4-9-6-12-7-10(9)11(8)13-5-1/h1-7,12H. The molecule has 0 amide bonds. The third-order valence-corrected chi connectivity index (χ3v) is 2.31. The lowest BCUT2D eigenvalue weighted by Crippen LogP contribution is -1.76. The summed E-state index contributed by atoms with van der Waals surface area (Å²) in [5.74, 6) is 0. The lowest BCUT2D eigenvalue weighted by Gasteiger charge is -1.96. The highest BCUT2D eigenvalue weighted by atomic mass is 14.7. The van der Waals surface area contributed by atoms with Crippen LogP contribution in [0, 0.1) is 0 Å². The van der Waals surface area contributed by atoms with Crippen molar-refractivity contribution in [3.05, 3.63) is 42.9 Å². The topological polar surface area (TPSA) is 28.7 Å². The van der Waals surface area contributed by atoms with Gasteiger partial charge in [0.1, 0.15) is 0 Å². The normalized spacial score (nSPS) is 11.1. The number of benzene rings is 1. The summed E-state index contributed by atoms with van der Waals surface area (Å²) in [6.07, 6.45) is 5.81. The number of nitrogens with one attached hydrogen (secondary N) is 1. The third kappa shape index (κ3) is 0.855. The van der Waals surface area contributed by atoms with Gasteiger partial charge in [-0.25, -0.2) is 0 Å². The Morgan fingerprint density at radius 1 is 1.00 bits per heavy atom. The van der Waals surface area contributed by atoms with Gasteiger partial charge in [-0.3, -0.25) is 4.98 Å². The summed E-state index contributed by atoms with van der Waals surface area (Å²) < 4.78 is 0. The van der Waals surface area contributed by atoms with Gasteiger partial charge in [-0.05, 0) is 6.07 Å². The first-order valence-electron chi connectivity index (χ1n) is 4.25. The second kappa shape index (κ2) is 2.33.